The van der Waals surface area contributed by atoms with Gasteiger partial charge in [0.2, 0.25) is 6.79 Å². The first-order chi connectivity index (χ1) is 12.6. The highest BCUT2D eigenvalue weighted by molar-refractivity contribution is 5.47. The molecule has 1 aromatic carbocycles. The molecule has 144 valence electrons. The summed E-state index contributed by atoms with van der Waals surface area (Å²) in [5.74, 6) is 3.02. The van der Waals surface area contributed by atoms with Crippen LogP contribution in [0.3, 0.4) is 0 Å². The fraction of sp³-hybridized carbons (Fsp3) is 0.611. The maximum Gasteiger partial charge on any atom is 0.290 e. The summed E-state index contributed by atoms with van der Waals surface area (Å²) in [4.78, 5) is 10.5. The van der Waals surface area contributed by atoms with Crippen LogP contribution in [0, 0.1) is 11.8 Å². The van der Waals surface area contributed by atoms with Gasteiger partial charge in [-0.05, 0) is 36.8 Å². The molecule has 2 fully saturated rings. The molecule has 3 aliphatic rings. The van der Waals surface area contributed by atoms with Crippen LogP contribution >= 0.6 is 0 Å². The zero-order valence-corrected chi connectivity index (χ0v) is 14.4. The Balaban J connectivity index is 0.000000613. The number of rotatable bonds is 4. The second-order valence-corrected chi connectivity index (χ2v) is 6.78. The van der Waals surface area contributed by atoms with Crippen molar-refractivity contribution in [3.63, 3.8) is 0 Å². The first-order valence-electron chi connectivity index (χ1n) is 8.75. The van der Waals surface area contributed by atoms with Crippen LogP contribution in [0.5, 0.6) is 17.2 Å². The number of aliphatic hydroxyl groups is 1. The van der Waals surface area contributed by atoms with Crippen LogP contribution < -0.4 is 14.2 Å². The van der Waals surface area contributed by atoms with Gasteiger partial charge in [0.25, 0.3) is 6.47 Å². The highest BCUT2D eigenvalue weighted by Gasteiger charge is 2.42. The monoisotopic (exact) mass is 369 g/mol. The molecule has 4 rings (SSSR count). The Bertz CT molecular complexity index is 615. The van der Waals surface area contributed by atoms with E-state index in [-0.39, 0.29) is 26.0 Å². The van der Waals surface area contributed by atoms with Gasteiger partial charge in [0.05, 0.1) is 6.10 Å². The molecule has 0 spiro atoms. The minimum absolute atomic E-state index is 0.220. The third-order valence-electron chi connectivity index (χ3n) is 5.19. The molecule has 2 heterocycles. The lowest BCUT2D eigenvalue weighted by Gasteiger charge is -2.35. The van der Waals surface area contributed by atoms with E-state index in [4.69, 9.17) is 24.1 Å². The zero-order valence-electron chi connectivity index (χ0n) is 14.4. The molecule has 0 bridgehead atoms. The maximum atomic E-state index is 12.5. The maximum absolute atomic E-state index is 12.5. The van der Waals surface area contributed by atoms with Crippen molar-refractivity contribution in [1.82, 2.24) is 4.90 Å². The van der Waals surface area contributed by atoms with E-state index >= 15 is 0 Å². The van der Waals surface area contributed by atoms with Crippen LogP contribution in [0.4, 0.5) is 4.39 Å². The SMILES string of the molecule is O=CO.O[C@@H]1C[C@H]2CN(CCF)C[C@H]2C[C@H]1Oc1ccc2c(c1)OCO2. The average Bonchev–Trinajstić information content (AvgIpc) is 3.22. The average molecular weight is 369 g/mol. The number of carbonyl (C=O) groups is 1. The van der Waals surface area contributed by atoms with Gasteiger partial charge in [-0.3, -0.25) is 4.79 Å². The predicted octanol–water partition coefficient (Wildman–Crippen LogP) is 1.54. The Kier molecular flexibility index (Phi) is 6.16. The minimum atomic E-state index is -0.480. The van der Waals surface area contributed by atoms with Gasteiger partial charge < -0.3 is 29.3 Å². The van der Waals surface area contributed by atoms with Crippen molar-refractivity contribution < 1.29 is 33.6 Å². The van der Waals surface area contributed by atoms with E-state index in [1.54, 1.807) is 0 Å². The fourth-order valence-electron chi connectivity index (χ4n) is 4.04. The second kappa shape index (κ2) is 8.55. The molecule has 8 heteroatoms. The fourth-order valence-corrected chi connectivity index (χ4v) is 4.04. The van der Waals surface area contributed by atoms with Crippen LogP contribution in [-0.4, -0.2) is 66.9 Å². The van der Waals surface area contributed by atoms with E-state index < -0.39 is 6.10 Å². The first-order valence-corrected chi connectivity index (χ1v) is 8.75. The summed E-state index contributed by atoms with van der Waals surface area (Å²) in [5.41, 5.74) is 0. The van der Waals surface area contributed by atoms with E-state index in [0.717, 1.165) is 31.7 Å². The van der Waals surface area contributed by atoms with Crippen LogP contribution in [0.25, 0.3) is 0 Å². The lowest BCUT2D eigenvalue weighted by atomic mass is 9.78. The standard InChI is InChI=1S/C17H22FNO4.CH2O2/c18-3-4-19-8-11-5-14(20)16(6-12(11)9-19)23-13-1-2-15-17(7-13)22-10-21-15;2-1-3/h1-2,7,11-12,14,16,20H,3-6,8-10H2;1H,(H,2,3)/t11-,12+,14+,16+;/m0./s1. The summed E-state index contributed by atoms with van der Waals surface area (Å²) in [6.45, 7) is 1.97. The van der Waals surface area contributed by atoms with Crippen molar-refractivity contribution in [2.24, 2.45) is 11.8 Å². The molecule has 26 heavy (non-hydrogen) atoms. The summed E-state index contributed by atoms with van der Waals surface area (Å²) < 4.78 is 29.2. The van der Waals surface area contributed by atoms with Crippen LogP contribution in [0.15, 0.2) is 18.2 Å². The number of halogens is 1. The minimum Gasteiger partial charge on any atom is -0.488 e. The van der Waals surface area contributed by atoms with E-state index in [9.17, 15) is 9.50 Å². The summed E-state index contributed by atoms with van der Waals surface area (Å²) in [7, 11) is 0. The molecule has 0 radical (unpaired) electrons. The lowest BCUT2D eigenvalue weighted by Crippen LogP contribution is -2.42. The van der Waals surface area contributed by atoms with Crippen molar-refractivity contribution in [2.75, 3.05) is 33.1 Å². The zero-order chi connectivity index (χ0) is 18.5. The molecule has 1 saturated carbocycles. The Morgan fingerprint density at radius 2 is 1.92 bits per heavy atom. The number of hydrogen-bond acceptors (Lipinski definition) is 6. The van der Waals surface area contributed by atoms with Gasteiger partial charge in [-0.1, -0.05) is 0 Å². The summed E-state index contributed by atoms with van der Waals surface area (Å²) >= 11 is 0. The Morgan fingerprint density at radius 3 is 2.65 bits per heavy atom. The normalized spacial score (nSPS) is 29.5. The molecule has 7 nitrogen and oxygen atoms in total. The van der Waals surface area contributed by atoms with Crippen LogP contribution in [0.1, 0.15) is 12.8 Å². The van der Waals surface area contributed by atoms with E-state index in [1.807, 2.05) is 18.2 Å². The topological polar surface area (TPSA) is 88.5 Å². The predicted molar refractivity (Wildman–Crippen MR) is 90.3 cm³/mol. The van der Waals surface area contributed by atoms with Gasteiger partial charge in [-0.25, -0.2) is 4.39 Å². The molecule has 1 aliphatic carbocycles. The highest BCUT2D eigenvalue weighted by Crippen LogP contribution is 2.40. The Hall–Kier alpha value is -2.06. The smallest absolute Gasteiger partial charge is 0.290 e. The number of nitrogens with zero attached hydrogens (tertiary/aromatic N) is 1. The number of benzene rings is 1. The van der Waals surface area contributed by atoms with Crippen LogP contribution in [-0.2, 0) is 4.79 Å². The number of carboxylic acid groups (broad SMARTS) is 1. The van der Waals surface area contributed by atoms with Gasteiger partial charge in [0.15, 0.2) is 11.5 Å². The van der Waals surface area contributed by atoms with Crippen molar-refractivity contribution >= 4 is 6.47 Å². The van der Waals surface area contributed by atoms with E-state index in [2.05, 4.69) is 4.90 Å². The van der Waals surface area contributed by atoms with Gasteiger partial charge in [-0.2, -0.15) is 0 Å². The molecule has 0 aromatic heterocycles. The third-order valence-corrected chi connectivity index (χ3v) is 5.19. The van der Waals surface area contributed by atoms with Gasteiger partial charge in [-0.15, -0.1) is 0 Å². The summed E-state index contributed by atoms with van der Waals surface area (Å²) in [5, 5.41) is 17.3. The Morgan fingerprint density at radius 1 is 1.23 bits per heavy atom. The van der Waals surface area contributed by atoms with E-state index in [0.29, 0.717) is 29.9 Å². The summed E-state index contributed by atoms with van der Waals surface area (Å²) in [6, 6.07) is 5.48. The molecular weight excluding hydrogens is 345 g/mol. The number of alkyl halides is 1. The number of aliphatic hydroxyl groups excluding tert-OH is 1. The van der Waals surface area contributed by atoms with Gasteiger partial charge in [0.1, 0.15) is 18.5 Å². The van der Waals surface area contributed by atoms with Crippen molar-refractivity contribution in [3.05, 3.63) is 18.2 Å². The number of hydrogen-bond donors (Lipinski definition) is 2. The molecule has 0 amide bonds. The molecule has 2 aliphatic heterocycles. The molecular formula is C18H24FNO6. The first kappa shape index (κ1) is 18.7. The molecule has 1 saturated heterocycles. The number of likely N-dealkylation sites (tertiary alicyclic amines) is 1. The second-order valence-electron chi connectivity index (χ2n) is 6.78. The van der Waals surface area contributed by atoms with Crippen molar-refractivity contribution in [3.8, 4) is 17.2 Å². The number of fused-ring (bicyclic) bond motifs is 2. The lowest BCUT2D eigenvalue weighted by molar-refractivity contribution is -0.122. The molecule has 0 unspecified atom stereocenters. The van der Waals surface area contributed by atoms with Gasteiger partial charge >= 0.3 is 0 Å². The molecule has 1 aromatic rings. The van der Waals surface area contributed by atoms with Crippen molar-refractivity contribution in [1.29, 1.82) is 0 Å². The van der Waals surface area contributed by atoms with Crippen molar-refractivity contribution in [2.45, 2.75) is 25.0 Å². The van der Waals surface area contributed by atoms with Gasteiger partial charge in [0, 0.05) is 25.7 Å². The molecule has 4 atom stereocenters. The largest absolute Gasteiger partial charge is 0.488 e. The summed E-state index contributed by atoms with van der Waals surface area (Å²) in [6.07, 6.45) is 0.833. The van der Waals surface area contributed by atoms with Crippen LogP contribution in [0.2, 0.25) is 0 Å². The Labute approximate surface area is 151 Å². The van der Waals surface area contributed by atoms with E-state index in [1.165, 1.54) is 0 Å². The highest BCUT2D eigenvalue weighted by atomic mass is 19.1. The number of ether oxygens (including phenoxy) is 3. The molecule has 2 N–H and O–H groups in total. The quantitative estimate of drug-likeness (QED) is 0.778. The third kappa shape index (κ3) is 4.19.